The molecule has 1 amide bonds. The molecule has 0 spiro atoms. The number of aliphatic imine (C=N–C) groups is 2. The molecular formula is C31H30F2N8O2. The monoisotopic (exact) mass is 584 g/mol. The second-order valence-corrected chi connectivity index (χ2v) is 10.8. The summed E-state index contributed by atoms with van der Waals surface area (Å²) in [5, 5.41) is 7.14. The van der Waals surface area contributed by atoms with Crippen LogP contribution in [0.25, 0.3) is 5.65 Å². The molecule has 3 aromatic heterocycles. The zero-order valence-electron chi connectivity index (χ0n) is 23.8. The molecule has 4 aromatic rings. The molecule has 10 nitrogen and oxygen atoms in total. The van der Waals surface area contributed by atoms with Crippen molar-refractivity contribution >= 4 is 35.5 Å². The number of halogens is 2. The summed E-state index contributed by atoms with van der Waals surface area (Å²) in [5.41, 5.74) is 3.21. The van der Waals surface area contributed by atoms with E-state index in [2.05, 4.69) is 38.7 Å². The normalized spacial score (nSPS) is 19.9. The highest BCUT2D eigenvalue weighted by Crippen LogP contribution is 2.43. The third kappa shape index (κ3) is 5.36. The predicted octanol–water partition coefficient (Wildman–Crippen LogP) is 5.90. The number of carbonyl (C=O) groups excluding carboxylic acids is 1. The van der Waals surface area contributed by atoms with Crippen molar-refractivity contribution in [1.29, 1.82) is 0 Å². The Balaban J connectivity index is 1.23. The van der Waals surface area contributed by atoms with Crippen LogP contribution in [-0.2, 0) is 4.79 Å². The summed E-state index contributed by atoms with van der Waals surface area (Å²) in [6.07, 6.45) is 6.11. The number of anilines is 1. The summed E-state index contributed by atoms with van der Waals surface area (Å²) >= 11 is 0. The van der Waals surface area contributed by atoms with E-state index in [4.69, 9.17) is 9.72 Å². The molecule has 2 bridgehead atoms. The highest BCUT2D eigenvalue weighted by atomic mass is 19.1. The van der Waals surface area contributed by atoms with Crippen molar-refractivity contribution in [3.8, 4) is 11.5 Å². The zero-order chi connectivity index (χ0) is 30.2. The number of ether oxygens (including phenoxy) is 1. The first kappa shape index (κ1) is 28.1. The molecule has 0 radical (unpaired) electrons. The van der Waals surface area contributed by atoms with E-state index in [0.717, 1.165) is 18.5 Å². The molecule has 2 saturated heterocycles. The number of piperidine rings is 1. The van der Waals surface area contributed by atoms with Crippen molar-refractivity contribution in [3.05, 3.63) is 84.1 Å². The number of benzene rings is 1. The topological polar surface area (TPSA) is 109 Å². The van der Waals surface area contributed by atoms with Gasteiger partial charge in [-0.25, -0.2) is 23.3 Å². The number of aromatic nitrogens is 4. The largest absolute Gasteiger partial charge is 0.457 e. The lowest BCUT2D eigenvalue weighted by atomic mass is 9.87. The number of nitrogens with one attached hydrogen (secondary N) is 1. The SMILES string of the molecule is C=Nc1ccc(C2C[C@H]3CC[C@@H](C2)N3C(=O)C(=C)F)nc1C(=NC)Nc1cc(C)c(Oc2ccn3ncnc3c2)cc1F. The van der Waals surface area contributed by atoms with Crippen molar-refractivity contribution in [2.45, 2.75) is 50.6 Å². The fourth-order valence-corrected chi connectivity index (χ4v) is 6.09. The van der Waals surface area contributed by atoms with Gasteiger partial charge in [-0.05, 0) is 69.2 Å². The maximum Gasteiger partial charge on any atom is 0.282 e. The number of fused-ring (bicyclic) bond motifs is 3. The third-order valence-corrected chi connectivity index (χ3v) is 8.13. The summed E-state index contributed by atoms with van der Waals surface area (Å²) in [5.74, 6) is -0.872. The van der Waals surface area contributed by atoms with Crippen LogP contribution in [0.5, 0.6) is 11.5 Å². The minimum Gasteiger partial charge on any atom is -0.457 e. The number of hydrogen-bond donors (Lipinski definition) is 1. The van der Waals surface area contributed by atoms with Crippen molar-refractivity contribution in [3.63, 3.8) is 0 Å². The van der Waals surface area contributed by atoms with E-state index in [9.17, 15) is 9.18 Å². The summed E-state index contributed by atoms with van der Waals surface area (Å²) in [6, 6.07) is 9.95. The van der Waals surface area contributed by atoms with E-state index in [1.807, 2.05) is 19.1 Å². The number of rotatable bonds is 7. The van der Waals surface area contributed by atoms with Crippen molar-refractivity contribution in [2.75, 3.05) is 12.4 Å². The summed E-state index contributed by atoms with van der Waals surface area (Å²) in [7, 11) is 1.58. The fraction of sp³-hybridized carbons (Fsp3) is 0.290. The van der Waals surface area contributed by atoms with Crippen LogP contribution in [-0.4, -0.2) is 62.1 Å². The van der Waals surface area contributed by atoms with Gasteiger partial charge in [0.15, 0.2) is 17.3 Å². The van der Waals surface area contributed by atoms with Crippen LogP contribution in [0.15, 0.2) is 71.3 Å². The maximum absolute atomic E-state index is 15.4. The minimum absolute atomic E-state index is 0.0533. The molecule has 1 unspecified atom stereocenters. The van der Waals surface area contributed by atoms with Gasteiger partial charge >= 0.3 is 0 Å². The average molecular weight is 585 g/mol. The van der Waals surface area contributed by atoms with E-state index in [1.165, 1.54) is 12.4 Å². The highest BCUT2D eigenvalue weighted by molar-refractivity contribution is 6.10. The number of amidine groups is 1. The van der Waals surface area contributed by atoms with Crippen LogP contribution in [0, 0.1) is 12.7 Å². The first-order valence-corrected chi connectivity index (χ1v) is 13.9. The van der Waals surface area contributed by atoms with E-state index in [0.29, 0.717) is 52.8 Å². The Morgan fingerprint density at radius 2 is 1.93 bits per heavy atom. The lowest BCUT2D eigenvalue weighted by Gasteiger charge is -2.38. The van der Waals surface area contributed by atoms with Crippen LogP contribution in [0.3, 0.4) is 0 Å². The van der Waals surface area contributed by atoms with Gasteiger partial charge in [-0.2, -0.15) is 5.10 Å². The Kier molecular flexibility index (Phi) is 7.43. The Labute approximate surface area is 246 Å². The fourth-order valence-electron chi connectivity index (χ4n) is 6.09. The number of aryl methyl sites for hydroxylation is 1. The number of hydrogen-bond acceptors (Lipinski definition) is 7. The minimum atomic E-state index is -0.928. The van der Waals surface area contributed by atoms with Gasteiger partial charge in [0, 0.05) is 49.1 Å². The van der Waals surface area contributed by atoms with Gasteiger partial charge in [0.05, 0.1) is 11.4 Å². The van der Waals surface area contributed by atoms with Gasteiger partial charge in [0.1, 0.15) is 29.3 Å². The molecule has 43 heavy (non-hydrogen) atoms. The number of amides is 1. The molecule has 220 valence electrons. The Morgan fingerprint density at radius 3 is 2.63 bits per heavy atom. The van der Waals surface area contributed by atoms with Gasteiger partial charge in [0.2, 0.25) is 0 Å². The zero-order valence-corrected chi connectivity index (χ0v) is 23.8. The summed E-state index contributed by atoms with van der Waals surface area (Å²) in [6.45, 7) is 8.69. The number of nitrogens with zero attached hydrogens (tertiary/aromatic N) is 7. The van der Waals surface area contributed by atoms with Gasteiger partial charge in [-0.1, -0.05) is 6.58 Å². The van der Waals surface area contributed by atoms with Crippen LogP contribution < -0.4 is 10.1 Å². The van der Waals surface area contributed by atoms with Crippen LogP contribution in [0.2, 0.25) is 0 Å². The molecule has 5 heterocycles. The quantitative estimate of drug-likeness (QED) is 0.164. The molecule has 0 aliphatic carbocycles. The van der Waals surface area contributed by atoms with Gasteiger partial charge in [-0.3, -0.25) is 14.8 Å². The molecular weight excluding hydrogens is 554 g/mol. The van der Waals surface area contributed by atoms with Crippen LogP contribution in [0.1, 0.15) is 48.6 Å². The van der Waals surface area contributed by atoms with E-state index >= 15 is 4.39 Å². The van der Waals surface area contributed by atoms with Gasteiger partial charge < -0.3 is 15.0 Å². The molecule has 1 N–H and O–H groups in total. The Morgan fingerprint density at radius 1 is 1.16 bits per heavy atom. The smallest absolute Gasteiger partial charge is 0.282 e. The predicted molar refractivity (Wildman–Crippen MR) is 160 cm³/mol. The average Bonchev–Trinajstić information content (AvgIpc) is 3.57. The van der Waals surface area contributed by atoms with Crippen molar-refractivity contribution in [2.24, 2.45) is 9.98 Å². The molecule has 0 saturated carbocycles. The molecule has 6 rings (SSSR count). The van der Waals surface area contributed by atoms with Crippen LogP contribution >= 0.6 is 0 Å². The lowest BCUT2D eigenvalue weighted by Crippen LogP contribution is -2.46. The van der Waals surface area contributed by atoms with Gasteiger partial charge in [-0.15, -0.1) is 0 Å². The van der Waals surface area contributed by atoms with Crippen LogP contribution in [0.4, 0.5) is 20.2 Å². The van der Waals surface area contributed by atoms with E-state index < -0.39 is 17.6 Å². The Hall–Kier alpha value is -5.00. The molecule has 2 aliphatic heterocycles. The number of pyridine rings is 2. The van der Waals surface area contributed by atoms with Crippen molar-refractivity contribution in [1.82, 2.24) is 24.5 Å². The second-order valence-electron chi connectivity index (χ2n) is 10.8. The van der Waals surface area contributed by atoms with Crippen molar-refractivity contribution < 1.29 is 18.3 Å². The van der Waals surface area contributed by atoms with Gasteiger partial charge in [0.25, 0.3) is 5.91 Å². The number of carbonyl (C=O) groups is 1. The lowest BCUT2D eigenvalue weighted by molar-refractivity contribution is -0.133. The first-order chi connectivity index (χ1) is 20.7. The second kappa shape index (κ2) is 11.3. The molecule has 12 heteroatoms. The first-order valence-electron chi connectivity index (χ1n) is 13.9. The maximum atomic E-state index is 15.4. The molecule has 2 aliphatic rings. The van der Waals surface area contributed by atoms with E-state index in [1.54, 1.807) is 40.9 Å². The van der Waals surface area contributed by atoms with E-state index in [-0.39, 0.29) is 23.7 Å². The molecule has 3 atom stereocenters. The molecule has 2 fully saturated rings. The Bertz CT molecular complexity index is 1770. The highest BCUT2D eigenvalue weighted by Gasteiger charge is 2.44. The summed E-state index contributed by atoms with van der Waals surface area (Å²) in [4.78, 5) is 31.6. The third-order valence-electron chi connectivity index (χ3n) is 8.13. The summed E-state index contributed by atoms with van der Waals surface area (Å²) < 4.78 is 36.6. The standard InChI is InChI=1S/C31H30F2N8O2/c1-17-11-26(23(33)15-27(17)43-22-9-10-40-28(14-22)36-16-37-40)39-30(35-4)29-25(34-3)8-7-24(38-29)19-12-20-5-6-21(13-19)41(20)31(42)18(2)32/h7-11,14-16,19-21H,2-3,5-6,12-13H2,1,4H3,(H,35,39)/t19?,20-,21+. The molecule has 1 aromatic carbocycles.